The third-order valence-corrected chi connectivity index (χ3v) is 3.10. The number of aryl methyl sites for hydroxylation is 1. The summed E-state index contributed by atoms with van der Waals surface area (Å²) in [5, 5.41) is 0. The first-order chi connectivity index (χ1) is 7.26. The van der Waals surface area contributed by atoms with Gasteiger partial charge in [-0.1, -0.05) is 6.92 Å². The zero-order valence-corrected chi connectivity index (χ0v) is 9.36. The summed E-state index contributed by atoms with van der Waals surface area (Å²) in [5.74, 6) is 0. The van der Waals surface area contributed by atoms with Crippen LogP contribution in [0, 0.1) is 0 Å². The lowest BCUT2D eigenvalue weighted by Gasteiger charge is -2.22. The van der Waals surface area contributed by atoms with Gasteiger partial charge in [-0.05, 0) is 43.0 Å². The fraction of sp³-hybridized carbons (Fsp3) is 0.462. The normalized spacial score (nSPS) is 15.1. The number of hydrogen-bond donors (Lipinski definition) is 0. The van der Waals surface area contributed by atoms with Crippen molar-refractivity contribution in [3.05, 3.63) is 29.3 Å². The largest absolute Gasteiger partial charge is 0.371 e. The molecule has 0 aromatic heterocycles. The van der Waals surface area contributed by atoms with Gasteiger partial charge in [0.15, 0.2) is 0 Å². The molecule has 2 nitrogen and oxygen atoms in total. The highest BCUT2D eigenvalue weighted by molar-refractivity contribution is 5.77. The average molecular weight is 203 g/mol. The summed E-state index contributed by atoms with van der Waals surface area (Å²) in [5.41, 5.74) is 3.33. The summed E-state index contributed by atoms with van der Waals surface area (Å²) in [7, 11) is 2.15. The summed E-state index contributed by atoms with van der Waals surface area (Å²) in [4.78, 5) is 13.0. The maximum atomic E-state index is 10.7. The average Bonchev–Trinajstić information content (AvgIpc) is 3.11. The molecule has 0 heterocycles. The lowest BCUT2D eigenvalue weighted by molar-refractivity contribution is 0.112. The molecule has 0 aliphatic heterocycles. The number of nitrogens with zero attached hydrogens (tertiary/aromatic N) is 1. The molecular weight excluding hydrogens is 186 g/mol. The van der Waals surface area contributed by atoms with Gasteiger partial charge in [0.25, 0.3) is 0 Å². The van der Waals surface area contributed by atoms with Crippen molar-refractivity contribution in [2.24, 2.45) is 0 Å². The second-order valence-electron chi connectivity index (χ2n) is 4.20. The molecule has 0 radical (unpaired) electrons. The molecule has 2 rings (SSSR count). The Balaban J connectivity index is 2.32. The van der Waals surface area contributed by atoms with Crippen molar-refractivity contribution in [3.8, 4) is 0 Å². The highest BCUT2D eigenvalue weighted by atomic mass is 16.1. The quantitative estimate of drug-likeness (QED) is 0.701. The zero-order valence-electron chi connectivity index (χ0n) is 9.36. The molecular formula is C13H17NO. The van der Waals surface area contributed by atoms with E-state index in [1.807, 2.05) is 12.1 Å². The van der Waals surface area contributed by atoms with Gasteiger partial charge in [-0.15, -0.1) is 0 Å². The summed E-state index contributed by atoms with van der Waals surface area (Å²) in [6.07, 6.45) is 4.50. The Morgan fingerprint density at radius 3 is 2.73 bits per heavy atom. The third-order valence-electron chi connectivity index (χ3n) is 3.10. The molecule has 1 aromatic rings. The van der Waals surface area contributed by atoms with Crippen molar-refractivity contribution in [1.82, 2.24) is 0 Å². The van der Waals surface area contributed by atoms with Crippen molar-refractivity contribution in [1.29, 1.82) is 0 Å². The van der Waals surface area contributed by atoms with Gasteiger partial charge >= 0.3 is 0 Å². The summed E-state index contributed by atoms with van der Waals surface area (Å²) in [6.45, 7) is 2.13. The zero-order chi connectivity index (χ0) is 10.8. The SMILES string of the molecule is CCc1cc(C=O)ccc1N(C)C1CC1. The van der Waals surface area contributed by atoms with Gasteiger partial charge < -0.3 is 4.90 Å². The molecule has 1 fully saturated rings. The molecule has 80 valence electrons. The molecule has 0 spiro atoms. The van der Waals surface area contributed by atoms with E-state index in [1.54, 1.807) is 0 Å². The smallest absolute Gasteiger partial charge is 0.150 e. The minimum absolute atomic E-state index is 0.720. The van der Waals surface area contributed by atoms with E-state index >= 15 is 0 Å². The van der Waals surface area contributed by atoms with Crippen molar-refractivity contribution in [3.63, 3.8) is 0 Å². The molecule has 0 atom stereocenters. The highest BCUT2D eigenvalue weighted by Crippen LogP contribution is 2.32. The fourth-order valence-corrected chi connectivity index (χ4v) is 1.96. The van der Waals surface area contributed by atoms with Crippen molar-refractivity contribution in [2.75, 3.05) is 11.9 Å². The van der Waals surface area contributed by atoms with Gasteiger partial charge in [0.05, 0.1) is 0 Å². The predicted molar refractivity (Wildman–Crippen MR) is 62.6 cm³/mol. The first kappa shape index (κ1) is 10.2. The van der Waals surface area contributed by atoms with E-state index in [-0.39, 0.29) is 0 Å². The van der Waals surface area contributed by atoms with Crippen LogP contribution < -0.4 is 4.90 Å². The Kier molecular flexibility index (Phi) is 2.76. The van der Waals surface area contributed by atoms with E-state index in [9.17, 15) is 4.79 Å². The van der Waals surface area contributed by atoms with Crippen molar-refractivity contribution >= 4 is 12.0 Å². The molecule has 1 saturated carbocycles. The number of carbonyl (C=O) groups excluding carboxylic acids is 1. The van der Waals surface area contributed by atoms with Crippen LogP contribution in [0.2, 0.25) is 0 Å². The topological polar surface area (TPSA) is 20.3 Å². The maximum Gasteiger partial charge on any atom is 0.150 e. The molecule has 15 heavy (non-hydrogen) atoms. The molecule has 0 saturated heterocycles. The molecule has 0 unspecified atom stereocenters. The van der Waals surface area contributed by atoms with Gasteiger partial charge in [-0.2, -0.15) is 0 Å². The van der Waals surface area contributed by atoms with Crippen molar-refractivity contribution in [2.45, 2.75) is 32.2 Å². The van der Waals surface area contributed by atoms with Gasteiger partial charge in [0.1, 0.15) is 6.29 Å². The molecule has 1 aromatic carbocycles. The molecule has 0 bridgehead atoms. The van der Waals surface area contributed by atoms with Gasteiger partial charge in [0, 0.05) is 24.3 Å². The lowest BCUT2D eigenvalue weighted by atomic mass is 10.1. The van der Waals surface area contributed by atoms with Gasteiger partial charge in [0.2, 0.25) is 0 Å². The Morgan fingerprint density at radius 2 is 2.20 bits per heavy atom. The monoisotopic (exact) mass is 203 g/mol. The predicted octanol–water partition coefficient (Wildman–Crippen LogP) is 2.66. The molecule has 0 N–H and O–H groups in total. The number of hydrogen-bond acceptors (Lipinski definition) is 2. The minimum atomic E-state index is 0.720. The number of carbonyl (C=O) groups is 1. The van der Waals surface area contributed by atoms with Crippen LogP contribution in [-0.2, 0) is 6.42 Å². The first-order valence-electron chi connectivity index (χ1n) is 5.57. The summed E-state index contributed by atoms with van der Waals surface area (Å²) in [6, 6.07) is 6.69. The van der Waals surface area contributed by atoms with Crippen LogP contribution in [0.4, 0.5) is 5.69 Å². The Morgan fingerprint density at radius 1 is 1.47 bits per heavy atom. The number of benzene rings is 1. The van der Waals surface area contributed by atoms with Gasteiger partial charge in [-0.3, -0.25) is 4.79 Å². The standard InChI is InChI=1S/C13H17NO/c1-3-11-8-10(9-15)4-7-13(11)14(2)12-5-6-12/h4,7-9,12H,3,5-6H2,1-2H3. The van der Waals surface area contributed by atoms with E-state index in [0.717, 1.165) is 24.3 Å². The molecule has 0 amide bonds. The Labute approximate surface area is 90.9 Å². The Hall–Kier alpha value is -1.31. The molecule has 1 aliphatic carbocycles. The van der Waals surface area contributed by atoms with Crippen LogP contribution in [0.1, 0.15) is 35.7 Å². The maximum absolute atomic E-state index is 10.7. The van der Waals surface area contributed by atoms with E-state index in [2.05, 4.69) is 24.9 Å². The van der Waals surface area contributed by atoms with Crippen LogP contribution >= 0.6 is 0 Å². The second-order valence-corrected chi connectivity index (χ2v) is 4.20. The van der Waals surface area contributed by atoms with Crippen LogP contribution in [0.15, 0.2) is 18.2 Å². The van der Waals surface area contributed by atoms with E-state index < -0.39 is 0 Å². The van der Waals surface area contributed by atoms with E-state index in [0.29, 0.717) is 0 Å². The lowest BCUT2D eigenvalue weighted by Crippen LogP contribution is -2.20. The first-order valence-corrected chi connectivity index (χ1v) is 5.57. The summed E-state index contributed by atoms with van der Waals surface area (Å²) < 4.78 is 0. The second kappa shape index (κ2) is 4.05. The highest BCUT2D eigenvalue weighted by Gasteiger charge is 2.27. The van der Waals surface area contributed by atoms with Crippen LogP contribution in [0.25, 0.3) is 0 Å². The molecule has 2 heteroatoms. The van der Waals surface area contributed by atoms with E-state index in [4.69, 9.17) is 0 Å². The minimum Gasteiger partial charge on any atom is -0.371 e. The van der Waals surface area contributed by atoms with Gasteiger partial charge in [-0.25, -0.2) is 0 Å². The summed E-state index contributed by atoms with van der Waals surface area (Å²) >= 11 is 0. The van der Waals surface area contributed by atoms with Crippen molar-refractivity contribution < 1.29 is 4.79 Å². The number of anilines is 1. The third kappa shape index (κ3) is 2.04. The van der Waals surface area contributed by atoms with Crippen LogP contribution in [-0.4, -0.2) is 19.4 Å². The molecule has 1 aliphatic rings. The van der Waals surface area contributed by atoms with E-state index in [1.165, 1.54) is 24.1 Å². The van der Waals surface area contributed by atoms with Crippen LogP contribution in [0.5, 0.6) is 0 Å². The number of aldehydes is 1. The number of rotatable bonds is 4. The Bertz CT molecular complexity index is 369. The fourth-order valence-electron chi connectivity index (χ4n) is 1.96. The van der Waals surface area contributed by atoms with Crippen LogP contribution in [0.3, 0.4) is 0 Å².